The van der Waals surface area contributed by atoms with Crippen LogP contribution >= 0.6 is 0 Å². The molecule has 0 radical (unpaired) electrons. The molecule has 0 amide bonds. The van der Waals surface area contributed by atoms with Crippen molar-refractivity contribution in [3.63, 3.8) is 0 Å². The zero-order chi connectivity index (χ0) is 13.9. The average molecular weight is 266 g/mol. The number of aromatic nitrogens is 5. The number of hydrogen-bond donors (Lipinski definition) is 2. The van der Waals surface area contributed by atoms with Gasteiger partial charge in [0.15, 0.2) is 0 Å². The largest absolute Gasteiger partial charge is 0.318 e. The number of aryl methyl sites for hydroxylation is 1. The zero-order valence-electron chi connectivity index (χ0n) is 11.0. The van der Waals surface area contributed by atoms with Gasteiger partial charge in [-0.1, -0.05) is 29.8 Å². The SMILES string of the molecule is Cc1ccc(C(N)c2nc(-c3cnccn3)n[nH]2)cc1. The number of hydrogen-bond acceptors (Lipinski definition) is 5. The van der Waals surface area contributed by atoms with Crippen molar-refractivity contribution < 1.29 is 0 Å². The molecule has 3 N–H and O–H groups in total. The maximum Gasteiger partial charge on any atom is 0.201 e. The Labute approximate surface area is 116 Å². The van der Waals surface area contributed by atoms with Gasteiger partial charge in [-0.3, -0.25) is 10.1 Å². The minimum Gasteiger partial charge on any atom is -0.318 e. The summed E-state index contributed by atoms with van der Waals surface area (Å²) in [7, 11) is 0. The highest BCUT2D eigenvalue weighted by molar-refractivity contribution is 5.46. The molecule has 2 heterocycles. The van der Waals surface area contributed by atoms with E-state index >= 15 is 0 Å². The molecule has 100 valence electrons. The molecule has 1 aromatic carbocycles. The molecule has 2 aromatic heterocycles. The first-order valence-corrected chi connectivity index (χ1v) is 6.25. The molecule has 1 unspecified atom stereocenters. The Morgan fingerprint density at radius 1 is 1.15 bits per heavy atom. The fraction of sp³-hybridized carbons (Fsp3) is 0.143. The number of H-pyrrole nitrogens is 1. The second-order valence-corrected chi connectivity index (χ2v) is 4.52. The van der Waals surface area contributed by atoms with E-state index in [0.29, 0.717) is 17.3 Å². The molecule has 6 nitrogen and oxygen atoms in total. The van der Waals surface area contributed by atoms with E-state index in [1.165, 1.54) is 5.56 Å². The minimum atomic E-state index is -0.339. The van der Waals surface area contributed by atoms with Crippen LogP contribution in [0.3, 0.4) is 0 Å². The van der Waals surface area contributed by atoms with Gasteiger partial charge >= 0.3 is 0 Å². The Bertz CT molecular complexity index is 689. The van der Waals surface area contributed by atoms with Gasteiger partial charge in [0.1, 0.15) is 11.5 Å². The van der Waals surface area contributed by atoms with E-state index in [9.17, 15) is 0 Å². The number of benzene rings is 1. The molecule has 3 aromatic rings. The maximum absolute atomic E-state index is 6.19. The van der Waals surface area contributed by atoms with Crippen LogP contribution in [0.1, 0.15) is 23.0 Å². The Hall–Kier alpha value is -2.60. The van der Waals surface area contributed by atoms with Gasteiger partial charge in [-0.15, -0.1) is 0 Å². The van der Waals surface area contributed by atoms with Crippen molar-refractivity contribution in [1.82, 2.24) is 25.1 Å². The van der Waals surface area contributed by atoms with Gasteiger partial charge in [0.2, 0.25) is 5.82 Å². The van der Waals surface area contributed by atoms with Crippen LogP contribution in [0, 0.1) is 6.92 Å². The molecule has 20 heavy (non-hydrogen) atoms. The molecule has 1 atom stereocenters. The zero-order valence-corrected chi connectivity index (χ0v) is 11.0. The number of nitrogens with one attached hydrogen (secondary N) is 1. The van der Waals surface area contributed by atoms with Crippen LogP contribution in [0.2, 0.25) is 0 Å². The molecule has 0 spiro atoms. The normalized spacial score (nSPS) is 12.3. The lowest BCUT2D eigenvalue weighted by Gasteiger charge is -2.08. The summed E-state index contributed by atoms with van der Waals surface area (Å²) >= 11 is 0. The Morgan fingerprint density at radius 3 is 2.65 bits per heavy atom. The van der Waals surface area contributed by atoms with Gasteiger partial charge in [-0.25, -0.2) is 9.97 Å². The average Bonchev–Trinajstić information content (AvgIpc) is 2.98. The Morgan fingerprint density at radius 2 is 1.95 bits per heavy atom. The smallest absolute Gasteiger partial charge is 0.201 e. The lowest BCUT2D eigenvalue weighted by atomic mass is 10.1. The van der Waals surface area contributed by atoms with Crippen LogP contribution < -0.4 is 5.73 Å². The summed E-state index contributed by atoms with van der Waals surface area (Å²) in [5.74, 6) is 1.10. The van der Waals surface area contributed by atoms with E-state index in [1.807, 2.05) is 31.2 Å². The molecule has 6 heteroatoms. The first-order chi connectivity index (χ1) is 9.74. The molecule has 3 rings (SSSR count). The van der Waals surface area contributed by atoms with Crippen molar-refractivity contribution in [1.29, 1.82) is 0 Å². The lowest BCUT2D eigenvalue weighted by molar-refractivity contribution is 0.787. The summed E-state index contributed by atoms with van der Waals surface area (Å²) in [5.41, 5.74) is 8.98. The van der Waals surface area contributed by atoms with E-state index in [1.54, 1.807) is 18.6 Å². The van der Waals surface area contributed by atoms with Gasteiger partial charge in [0.25, 0.3) is 0 Å². The summed E-state index contributed by atoms with van der Waals surface area (Å²) in [6, 6.07) is 7.69. The van der Waals surface area contributed by atoms with Crippen molar-refractivity contribution in [3.05, 3.63) is 59.8 Å². The van der Waals surface area contributed by atoms with Crippen molar-refractivity contribution in [2.45, 2.75) is 13.0 Å². The minimum absolute atomic E-state index is 0.339. The monoisotopic (exact) mass is 266 g/mol. The van der Waals surface area contributed by atoms with Crippen molar-refractivity contribution in [3.8, 4) is 11.5 Å². The van der Waals surface area contributed by atoms with Gasteiger partial charge in [-0.2, -0.15) is 5.10 Å². The highest BCUT2D eigenvalue weighted by atomic mass is 15.2. The predicted octanol–water partition coefficient (Wildman–Crippen LogP) is 1.62. The molecule has 0 aliphatic heterocycles. The molecule has 0 aliphatic rings. The van der Waals surface area contributed by atoms with Crippen molar-refractivity contribution in [2.24, 2.45) is 5.73 Å². The second-order valence-electron chi connectivity index (χ2n) is 4.52. The van der Waals surface area contributed by atoms with E-state index in [2.05, 4.69) is 25.1 Å². The number of aromatic amines is 1. The lowest BCUT2D eigenvalue weighted by Crippen LogP contribution is -2.13. The molecular weight excluding hydrogens is 252 g/mol. The highest BCUT2D eigenvalue weighted by Crippen LogP contribution is 2.18. The Kier molecular flexibility index (Phi) is 3.22. The van der Waals surface area contributed by atoms with E-state index < -0.39 is 0 Å². The van der Waals surface area contributed by atoms with Gasteiger partial charge in [0, 0.05) is 12.4 Å². The van der Waals surface area contributed by atoms with Gasteiger partial charge < -0.3 is 5.73 Å². The summed E-state index contributed by atoms with van der Waals surface area (Å²) in [6.07, 6.45) is 4.82. The standard InChI is InChI=1S/C14H14N6/c1-9-2-4-10(5-3-9)12(15)14-18-13(19-20-14)11-8-16-6-7-17-11/h2-8,12H,15H2,1H3,(H,18,19,20). The second kappa shape index (κ2) is 5.18. The van der Waals surface area contributed by atoms with Crippen LogP contribution in [0.15, 0.2) is 42.9 Å². The van der Waals surface area contributed by atoms with E-state index in [-0.39, 0.29) is 6.04 Å². The third kappa shape index (κ3) is 2.41. The quantitative estimate of drug-likeness (QED) is 0.751. The van der Waals surface area contributed by atoms with Crippen LogP contribution in [-0.4, -0.2) is 25.1 Å². The van der Waals surface area contributed by atoms with Crippen LogP contribution in [0.5, 0.6) is 0 Å². The number of nitrogens with zero attached hydrogens (tertiary/aromatic N) is 4. The van der Waals surface area contributed by atoms with Crippen LogP contribution in [0.25, 0.3) is 11.5 Å². The summed E-state index contributed by atoms with van der Waals surface area (Å²) in [6.45, 7) is 2.04. The van der Waals surface area contributed by atoms with Crippen LogP contribution in [0.4, 0.5) is 0 Å². The maximum atomic E-state index is 6.19. The topological polar surface area (TPSA) is 93.4 Å². The van der Waals surface area contributed by atoms with E-state index in [4.69, 9.17) is 5.73 Å². The first-order valence-electron chi connectivity index (χ1n) is 6.25. The molecule has 0 bridgehead atoms. The third-order valence-electron chi connectivity index (χ3n) is 3.03. The number of rotatable bonds is 3. The fourth-order valence-electron chi connectivity index (χ4n) is 1.87. The molecular formula is C14H14N6. The fourth-order valence-corrected chi connectivity index (χ4v) is 1.87. The summed E-state index contributed by atoms with van der Waals surface area (Å²) in [5, 5.41) is 7.00. The third-order valence-corrected chi connectivity index (χ3v) is 3.03. The van der Waals surface area contributed by atoms with Crippen LogP contribution in [-0.2, 0) is 0 Å². The van der Waals surface area contributed by atoms with Gasteiger partial charge in [0.05, 0.1) is 12.2 Å². The number of nitrogens with two attached hydrogens (primary N) is 1. The van der Waals surface area contributed by atoms with Gasteiger partial charge in [-0.05, 0) is 12.5 Å². The van der Waals surface area contributed by atoms with E-state index in [0.717, 1.165) is 5.56 Å². The van der Waals surface area contributed by atoms with Crippen molar-refractivity contribution in [2.75, 3.05) is 0 Å². The summed E-state index contributed by atoms with van der Waals surface area (Å²) in [4.78, 5) is 12.5. The Balaban J connectivity index is 1.88. The summed E-state index contributed by atoms with van der Waals surface area (Å²) < 4.78 is 0. The molecule has 0 aliphatic carbocycles. The predicted molar refractivity (Wildman–Crippen MR) is 74.6 cm³/mol. The first kappa shape index (κ1) is 12.4. The molecule has 0 saturated carbocycles. The highest BCUT2D eigenvalue weighted by Gasteiger charge is 2.15. The molecule has 0 saturated heterocycles. The van der Waals surface area contributed by atoms with Crippen molar-refractivity contribution >= 4 is 0 Å². The molecule has 0 fully saturated rings.